The zero-order valence-corrected chi connectivity index (χ0v) is 14.9. The van der Waals surface area contributed by atoms with Gasteiger partial charge in [0, 0.05) is 16.7 Å². The fourth-order valence-electron chi connectivity index (χ4n) is 1.91. The molecule has 0 aliphatic rings. The van der Waals surface area contributed by atoms with Gasteiger partial charge in [-0.1, -0.05) is 60.7 Å². The van der Waals surface area contributed by atoms with Gasteiger partial charge in [0.2, 0.25) is 11.0 Å². The molecule has 1 aromatic heterocycles. The average molecular weight is 356 g/mol. The lowest BCUT2D eigenvalue weighted by atomic mass is 10.0. The van der Waals surface area contributed by atoms with E-state index in [1.54, 1.807) is 11.8 Å². The Labute approximate surface area is 143 Å². The number of anilines is 1. The number of benzene rings is 1. The van der Waals surface area contributed by atoms with E-state index >= 15 is 0 Å². The number of nitrogens with zero attached hydrogens (tertiary/aromatic N) is 2. The second-order valence-electron chi connectivity index (χ2n) is 4.79. The molecule has 2 rings (SSSR count). The average Bonchev–Trinajstić information content (AvgIpc) is 2.95. The number of rotatable bonds is 7. The number of hydrogen-bond acceptors (Lipinski definition) is 5. The van der Waals surface area contributed by atoms with E-state index in [-0.39, 0.29) is 11.8 Å². The summed E-state index contributed by atoms with van der Waals surface area (Å²) in [6.07, 6.45) is 1.67. The minimum atomic E-state index is 0.0235. The molecule has 1 N–H and O–H groups in total. The first-order chi connectivity index (χ1) is 10.6. The Kier molecular flexibility index (Phi) is 6.67. The fraction of sp³-hybridized carbons (Fsp3) is 0.400. The van der Waals surface area contributed by atoms with E-state index in [0.29, 0.717) is 5.13 Å². The lowest BCUT2D eigenvalue weighted by Crippen LogP contribution is -2.21. The second-order valence-corrected chi connectivity index (χ2v) is 7.43. The first-order valence-electron chi connectivity index (χ1n) is 7.14. The van der Waals surface area contributed by atoms with Crippen LogP contribution in [0.1, 0.15) is 32.3 Å². The zero-order valence-electron chi connectivity index (χ0n) is 12.5. The van der Waals surface area contributed by atoms with E-state index in [4.69, 9.17) is 11.6 Å². The highest BCUT2D eigenvalue weighted by atomic mass is 35.5. The van der Waals surface area contributed by atoms with Gasteiger partial charge in [0.05, 0.1) is 0 Å². The standard InChI is InChI=1S/C15H18ClN3OS2/c1-3-11(4-2)13(20)17-14-18-19-15(22-14)21-9-10-5-7-12(16)8-6-10/h5-8,11H,3-4,9H2,1-2H3,(H,17,18,20). The summed E-state index contributed by atoms with van der Waals surface area (Å²) < 4.78 is 0.842. The zero-order chi connectivity index (χ0) is 15.9. The minimum absolute atomic E-state index is 0.0235. The lowest BCUT2D eigenvalue weighted by Gasteiger charge is -2.09. The second kappa shape index (κ2) is 8.50. The summed E-state index contributed by atoms with van der Waals surface area (Å²) in [5.74, 6) is 0.858. The molecular weight excluding hydrogens is 338 g/mol. The van der Waals surface area contributed by atoms with E-state index in [9.17, 15) is 4.79 Å². The van der Waals surface area contributed by atoms with Crippen LogP contribution in [0.5, 0.6) is 0 Å². The summed E-state index contributed by atoms with van der Waals surface area (Å²) in [5, 5.41) is 12.3. The van der Waals surface area contributed by atoms with Crippen LogP contribution in [0.25, 0.3) is 0 Å². The Morgan fingerprint density at radius 3 is 2.59 bits per heavy atom. The Bertz CT molecular complexity index is 612. The molecule has 4 nitrogen and oxygen atoms in total. The summed E-state index contributed by atoms with van der Waals surface area (Å²) >= 11 is 8.87. The SMILES string of the molecule is CCC(CC)C(=O)Nc1nnc(SCc2ccc(Cl)cc2)s1. The van der Waals surface area contributed by atoms with Crippen LogP contribution in [-0.4, -0.2) is 16.1 Å². The van der Waals surface area contributed by atoms with Gasteiger partial charge in [-0.05, 0) is 30.5 Å². The van der Waals surface area contributed by atoms with Crippen LogP contribution in [0.2, 0.25) is 5.02 Å². The first kappa shape index (κ1) is 17.2. The van der Waals surface area contributed by atoms with Gasteiger partial charge in [0.25, 0.3) is 0 Å². The molecule has 0 saturated carbocycles. The maximum Gasteiger partial charge on any atom is 0.229 e. The first-order valence-corrected chi connectivity index (χ1v) is 9.32. The summed E-state index contributed by atoms with van der Waals surface area (Å²) in [6.45, 7) is 4.03. The van der Waals surface area contributed by atoms with E-state index in [2.05, 4.69) is 15.5 Å². The molecule has 22 heavy (non-hydrogen) atoms. The number of aromatic nitrogens is 2. The molecule has 0 aliphatic carbocycles. The van der Waals surface area contributed by atoms with Gasteiger partial charge >= 0.3 is 0 Å². The Morgan fingerprint density at radius 1 is 1.27 bits per heavy atom. The lowest BCUT2D eigenvalue weighted by molar-refractivity contribution is -0.120. The molecule has 0 radical (unpaired) electrons. The van der Waals surface area contributed by atoms with Gasteiger partial charge in [0.1, 0.15) is 0 Å². The van der Waals surface area contributed by atoms with Crippen molar-refractivity contribution in [1.82, 2.24) is 10.2 Å². The van der Waals surface area contributed by atoms with Gasteiger partial charge in [-0.15, -0.1) is 10.2 Å². The highest BCUT2D eigenvalue weighted by Gasteiger charge is 2.16. The van der Waals surface area contributed by atoms with Crippen LogP contribution in [0.4, 0.5) is 5.13 Å². The van der Waals surface area contributed by atoms with Crippen LogP contribution in [0.15, 0.2) is 28.6 Å². The molecule has 0 atom stereocenters. The smallest absolute Gasteiger partial charge is 0.229 e. The Morgan fingerprint density at radius 2 is 1.95 bits per heavy atom. The van der Waals surface area contributed by atoms with Crippen molar-refractivity contribution in [2.24, 2.45) is 5.92 Å². The van der Waals surface area contributed by atoms with Gasteiger partial charge in [-0.3, -0.25) is 4.79 Å². The largest absolute Gasteiger partial charge is 0.300 e. The molecular formula is C15H18ClN3OS2. The number of thioether (sulfide) groups is 1. The van der Waals surface area contributed by atoms with E-state index < -0.39 is 0 Å². The van der Waals surface area contributed by atoms with Crippen molar-refractivity contribution >= 4 is 45.7 Å². The normalized spacial score (nSPS) is 10.9. The third-order valence-corrected chi connectivity index (χ3v) is 5.56. The van der Waals surface area contributed by atoms with E-state index in [1.807, 2.05) is 38.1 Å². The quantitative estimate of drug-likeness (QED) is 0.569. The van der Waals surface area contributed by atoms with Gasteiger partial charge in [-0.25, -0.2) is 0 Å². The van der Waals surface area contributed by atoms with Crippen LogP contribution < -0.4 is 5.32 Å². The van der Waals surface area contributed by atoms with Crippen LogP contribution >= 0.6 is 34.7 Å². The van der Waals surface area contributed by atoms with Crippen molar-refractivity contribution < 1.29 is 4.79 Å². The predicted molar refractivity (Wildman–Crippen MR) is 93.6 cm³/mol. The number of halogens is 1. The molecule has 0 fully saturated rings. The van der Waals surface area contributed by atoms with E-state index in [0.717, 1.165) is 28.0 Å². The van der Waals surface area contributed by atoms with Crippen LogP contribution in [0.3, 0.4) is 0 Å². The molecule has 0 bridgehead atoms. The van der Waals surface area contributed by atoms with Gasteiger partial charge in [0.15, 0.2) is 4.34 Å². The van der Waals surface area contributed by atoms with Crippen molar-refractivity contribution in [3.63, 3.8) is 0 Å². The number of carbonyl (C=O) groups excluding carboxylic acids is 1. The third-order valence-electron chi connectivity index (χ3n) is 3.27. The molecule has 0 spiro atoms. The number of amides is 1. The van der Waals surface area contributed by atoms with E-state index in [1.165, 1.54) is 16.9 Å². The maximum absolute atomic E-state index is 12.0. The third kappa shape index (κ3) is 4.97. The summed E-state index contributed by atoms with van der Waals surface area (Å²) in [6, 6.07) is 7.73. The molecule has 1 aromatic carbocycles. The number of nitrogens with one attached hydrogen (secondary N) is 1. The van der Waals surface area contributed by atoms with Crippen LogP contribution in [-0.2, 0) is 10.5 Å². The monoisotopic (exact) mass is 355 g/mol. The van der Waals surface area contributed by atoms with Crippen LogP contribution in [0, 0.1) is 5.92 Å². The molecule has 118 valence electrons. The number of hydrogen-bond donors (Lipinski definition) is 1. The topological polar surface area (TPSA) is 54.9 Å². The van der Waals surface area contributed by atoms with Gasteiger partial charge in [-0.2, -0.15) is 0 Å². The predicted octanol–water partition coefficient (Wildman–Crippen LogP) is 4.86. The molecule has 0 saturated heterocycles. The Hall–Kier alpha value is -1.11. The van der Waals surface area contributed by atoms with Crippen molar-refractivity contribution in [2.45, 2.75) is 36.8 Å². The Balaban J connectivity index is 1.88. The fourth-order valence-corrected chi connectivity index (χ4v) is 3.75. The molecule has 0 aliphatic heterocycles. The van der Waals surface area contributed by atoms with Crippen molar-refractivity contribution in [1.29, 1.82) is 0 Å². The number of carbonyl (C=O) groups is 1. The van der Waals surface area contributed by atoms with Gasteiger partial charge < -0.3 is 5.32 Å². The van der Waals surface area contributed by atoms with Crippen molar-refractivity contribution in [2.75, 3.05) is 5.32 Å². The highest BCUT2D eigenvalue weighted by molar-refractivity contribution is 8.00. The molecule has 1 heterocycles. The highest BCUT2D eigenvalue weighted by Crippen LogP contribution is 2.29. The molecule has 2 aromatic rings. The van der Waals surface area contributed by atoms with Crippen molar-refractivity contribution in [3.8, 4) is 0 Å². The molecule has 0 unspecified atom stereocenters. The molecule has 7 heteroatoms. The maximum atomic E-state index is 12.0. The summed E-state index contributed by atoms with van der Waals surface area (Å²) in [5.41, 5.74) is 1.17. The summed E-state index contributed by atoms with van der Waals surface area (Å²) in [7, 11) is 0. The van der Waals surface area contributed by atoms with Crippen molar-refractivity contribution in [3.05, 3.63) is 34.9 Å². The molecule has 1 amide bonds. The minimum Gasteiger partial charge on any atom is -0.300 e. The summed E-state index contributed by atoms with van der Waals surface area (Å²) in [4.78, 5) is 12.0.